The van der Waals surface area contributed by atoms with E-state index in [1.54, 1.807) is 12.1 Å². The van der Waals surface area contributed by atoms with E-state index >= 15 is 0 Å². The Morgan fingerprint density at radius 2 is 2.22 bits per heavy atom. The van der Waals surface area contributed by atoms with Crippen LogP contribution in [0.4, 0.5) is 4.79 Å². The van der Waals surface area contributed by atoms with Crippen molar-refractivity contribution in [3.63, 3.8) is 0 Å². The lowest BCUT2D eigenvalue weighted by Gasteiger charge is -2.10. The first-order valence-electron chi connectivity index (χ1n) is 6.13. The van der Waals surface area contributed by atoms with Gasteiger partial charge in [0.1, 0.15) is 11.8 Å². The highest BCUT2D eigenvalue weighted by atomic mass is 16.6. The molecule has 0 aliphatic carbocycles. The number of benzene rings is 1. The van der Waals surface area contributed by atoms with Crippen LogP contribution in [0.15, 0.2) is 24.3 Å². The molecule has 2 atom stereocenters. The second-order valence-corrected chi connectivity index (χ2v) is 4.54. The SMILES string of the molecule is CCC(C)c1ccc(OC(=O)N2CC2C#N)cc1. The van der Waals surface area contributed by atoms with Gasteiger partial charge in [0, 0.05) is 0 Å². The van der Waals surface area contributed by atoms with Gasteiger partial charge in [0.05, 0.1) is 12.6 Å². The van der Waals surface area contributed by atoms with Crippen molar-refractivity contribution in [2.45, 2.75) is 32.2 Å². The molecule has 0 aromatic heterocycles. The van der Waals surface area contributed by atoms with E-state index in [-0.39, 0.29) is 6.04 Å². The van der Waals surface area contributed by atoms with Crippen LogP contribution in [0.1, 0.15) is 31.7 Å². The first-order valence-corrected chi connectivity index (χ1v) is 6.13. The van der Waals surface area contributed by atoms with Crippen LogP contribution < -0.4 is 4.74 Å². The molecule has 4 heteroatoms. The number of amides is 1. The maximum Gasteiger partial charge on any atom is 0.416 e. The molecule has 1 aromatic rings. The Morgan fingerprint density at radius 3 is 2.72 bits per heavy atom. The molecule has 0 bridgehead atoms. The first kappa shape index (κ1) is 12.4. The van der Waals surface area contributed by atoms with Gasteiger partial charge in [-0.05, 0) is 30.0 Å². The third-order valence-electron chi connectivity index (χ3n) is 3.26. The summed E-state index contributed by atoms with van der Waals surface area (Å²) in [5.41, 5.74) is 1.24. The second kappa shape index (κ2) is 5.09. The highest BCUT2D eigenvalue weighted by molar-refractivity contribution is 5.74. The van der Waals surface area contributed by atoms with Gasteiger partial charge in [0.2, 0.25) is 0 Å². The zero-order valence-electron chi connectivity index (χ0n) is 10.6. The fourth-order valence-electron chi connectivity index (χ4n) is 1.71. The first-order chi connectivity index (χ1) is 8.65. The summed E-state index contributed by atoms with van der Waals surface area (Å²) < 4.78 is 5.17. The van der Waals surface area contributed by atoms with E-state index in [4.69, 9.17) is 10.00 Å². The standard InChI is InChI=1S/C14H16N2O2/c1-3-10(2)11-4-6-13(7-5-11)18-14(17)16-9-12(16)8-15/h4-7,10,12H,3,9H2,1-2H3. The normalized spacial score (nSPS) is 18.9. The largest absolute Gasteiger partial charge is 0.416 e. The van der Waals surface area contributed by atoms with E-state index in [1.165, 1.54) is 10.5 Å². The van der Waals surface area contributed by atoms with E-state index in [2.05, 4.69) is 13.8 Å². The summed E-state index contributed by atoms with van der Waals surface area (Å²) in [6.45, 7) is 4.77. The van der Waals surface area contributed by atoms with Gasteiger partial charge in [0.15, 0.2) is 0 Å². The van der Waals surface area contributed by atoms with Gasteiger partial charge in [-0.15, -0.1) is 0 Å². The number of carbonyl (C=O) groups excluding carboxylic acids is 1. The molecule has 0 radical (unpaired) electrons. The van der Waals surface area contributed by atoms with Crippen molar-refractivity contribution in [2.24, 2.45) is 0 Å². The molecular formula is C14H16N2O2. The summed E-state index contributed by atoms with van der Waals surface area (Å²) in [4.78, 5) is 13.0. The summed E-state index contributed by atoms with van der Waals surface area (Å²) in [7, 11) is 0. The molecule has 1 fully saturated rings. The molecule has 1 amide bonds. The Hall–Kier alpha value is -2.02. The summed E-state index contributed by atoms with van der Waals surface area (Å²) in [6, 6.07) is 9.24. The smallest absolute Gasteiger partial charge is 0.410 e. The van der Waals surface area contributed by atoms with E-state index in [0.717, 1.165) is 6.42 Å². The monoisotopic (exact) mass is 244 g/mol. The molecule has 0 saturated carbocycles. The van der Waals surface area contributed by atoms with Crippen LogP contribution in [0.25, 0.3) is 0 Å². The predicted molar refractivity (Wildman–Crippen MR) is 67.3 cm³/mol. The molecule has 2 unspecified atom stereocenters. The molecule has 1 aliphatic rings. The van der Waals surface area contributed by atoms with Crippen molar-refractivity contribution in [3.8, 4) is 11.8 Å². The van der Waals surface area contributed by atoms with Crippen LogP contribution in [0.2, 0.25) is 0 Å². The Labute approximate surface area is 107 Å². The maximum atomic E-state index is 11.6. The molecule has 1 saturated heterocycles. The number of ether oxygens (including phenoxy) is 1. The Morgan fingerprint density at radius 1 is 1.56 bits per heavy atom. The van der Waals surface area contributed by atoms with Crippen molar-refractivity contribution < 1.29 is 9.53 Å². The van der Waals surface area contributed by atoms with E-state index < -0.39 is 6.09 Å². The summed E-state index contributed by atoms with van der Waals surface area (Å²) in [6.07, 6.45) is 0.634. The highest BCUT2D eigenvalue weighted by Gasteiger charge is 2.40. The average molecular weight is 244 g/mol. The number of carbonyl (C=O) groups is 1. The number of nitriles is 1. The number of hydrogen-bond donors (Lipinski definition) is 0. The van der Waals surface area contributed by atoms with Crippen LogP contribution in [0.5, 0.6) is 5.75 Å². The van der Waals surface area contributed by atoms with Crippen molar-refractivity contribution in [3.05, 3.63) is 29.8 Å². The van der Waals surface area contributed by atoms with Crippen molar-refractivity contribution in [1.82, 2.24) is 4.90 Å². The van der Waals surface area contributed by atoms with Gasteiger partial charge >= 0.3 is 6.09 Å². The van der Waals surface area contributed by atoms with E-state index in [1.807, 2.05) is 18.2 Å². The molecular weight excluding hydrogens is 228 g/mol. The minimum absolute atomic E-state index is 0.308. The fraction of sp³-hybridized carbons (Fsp3) is 0.429. The Balaban J connectivity index is 1.95. The summed E-state index contributed by atoms with van der Waals surface area (Å²) in [5, 5.41) is 8.62. The van der Waals surface area contributed by atoms with E-state index in [0.29, 0.717) is 18.2 Å². The van der Waals surface area contributed by atoms with Crippen molar-refractivity contribution in [1.29, 1.82) is 5.26 Å². The number of nitrogens with zero attached hydrogens (tertiary/aromatic N) is 2. The number of hydrogen-bond acceptors (Lipinski definition) is 3. The lowest BCUT2D eigenvalue weighted by Crippen LogP contribution is -2.17. The zero-order chi connectivity index (χ0) is 13.1. The molecule has 1 heterocycles. The molecule has 0 N–H and O–H groups in total. The minimum atomic E-state index is -0.446. The van der Waals surface area contributed by atoms with Crippen molar-refractivity contribution >= 4 is 6.09 Å². The minimum Gasteiger partial charge on any atom is -0.410 e. The zero-order valence-corrected chi connectivity index (χ0v) is 10.6. The van der Waals surface area contributed by atoms with Gasteiger partial charge < -0.3 is 4.74 Å². The third kappa shape index (κ3) is 2.62. The Kier molecular flexibility index (Phi) is 3.52. The van der Waals surface area contributed by atoms with Gasteiger partial charge in [-0.1, -0.05) is 26.0 Å². The lowest BCUT2D eigenvalue weighted by molar-refractivity contribution is 0.184. The molecule has 94 valence electrons. The molecule has 2 rings (SSSR count). The van der Waals surface area contributed by atoms with Gasteiger partial charge in [-0.2, -0.15) is 5.26 Å². The molecule has 4 nitrogen and oxygen atoms in total. The van der Waals surface area contributed by atoms with Crippen molar-refractivity contribution in [2.75, 3.05) is 6.54 Å². The maximum absolute atomic E-state index is 11.6. The van der Waals surface area contributed by atoms with Crippen LogP contribution in [-0.2, 0) is 0 Å². The second-order valence-electron chi connectivity index (χ2n) is 4.54. The van der Waals surface area contributed by atoms with Crippen LogP contribution >= 0.6 is 0 Å². The van der Waals surface area contributed by atoms with Gasteiger partial charge in [-0.25, -0.2) is 4.79 Å². The average Bonchev–Trinajstić information content (AvgIpc) is 3.18. The molecule has 1 aromatic carbocycles. The van der Waals surface area contributed by atoms with Gasteiger partial charge in [-0.3, -0.25) is 4.90 Å². The fourth-order valence-corrected chi connectivity index (χ4v) is 1.71. The molecule has 1 aliphatic heterocycles. The molecule has 18 heavy (non-hydrogen) atoms. The van der Waals surface area contributed by atoms with Crippen LogP contribution in [0, 0.1) is 11.3 Å². The van der Waals surface area contributed by atoms with Crippen LogP contribution in [0.3, 0.4) is 0 Å². The van der Waals surface area contributed by atoms with Gasteiger partial charge in [0.25, 0.3) is 0 Å². The summed E-state index contributed by atoms with van der Waals surface area (Å²) >= 11 is 0. The van der Waals surface area contributed by atoms with Crippen LogP contribution in [-0.4, -0.2) is 23.6 Å². The lowest BCUT2D eigenvalue weighted by atomic mass is 9.99. The quantitative estimate of drug-likeness (QED) is 0.768. The number of rotatable bonds is 3. The highest BCUT2D eigenvalue weighted by Crippen LogP contribution is 2.23. The molecule has 0 spiro atoms. The third-order valence-corrected chi connectivity index (χ3v) is 3.26. The topological polar surface area (TPSA) is 53.1 Å². The predicted octanol–water partition coefficient (Wildman–Crippen LogP) is 2.91. The van der Waals surface area contributed by atoms with E-state index in [9.17, 15) is 4.79 Å². The Bertz CT molecular complexity index is 476. The summed E-state index contributed by atoms with van der Waals surface area (Å²) in [5.74, 6) is 1.03.